The molecule has 0 saturated carbocycles. The van der Waals surface area contributed by atoms with Crippen molar-refractivity contribution in [3.8, 4) is 11.8 Å². The van der Waals surface area contributed by atoms with Crippen LogP contribution in [0.4, 0.5) is 0 Å². The van der Waals surface area contributed by atoms with Gasteiger partial charge in [0.15, 0.2) is 0 Å². The fraction of sp³-hybridized carbons (Fsp3) is 0.357. The van der Waals surface area contributed by atoms with Gasteiger partial charge in [-0.1, -0.05) is 6.07 Å². The zero-order chi connectivity index (χ0) is 14.5. The molecule has 0 bridgehead atoms. The molecule has 1 aliphatic heterocycles. The van der Waals surface area contributed by atoms with Crippen molar-refractivity contribution in [3.05, 3.63) is 29.8 Å². The molecule has 6 nitrogen and oxygen atoms in total. The van der Waals surface area contributed by atoms with Crippen LogP contribution in [0.3, 0.4) is 0 Å². The lowest BCUT2D eigenvalue weighted by molar-refractivity contribution is -0.145. The number of likely N-dealkylation sites (tertiary alicyclic amines) is 1. The highest BCUT2D eigenvalue weighted by Gasteiger charge is 2.26. The number of nitriles is 1. The van der Waals surface area contributed by atoms with E-state index in [9.17, 15) is 9.59 Å². The van der Waals surface area contributed by atoms with E-state index in [0.29, 0.717) is 37.2 Å². The van der Waals surface area contributed by atoms with Crippen LogP contribution in [0.1, 0.15) is 18.4 Å². The first kappa shape index (κ1) is 13.9. The van der Waals surface area contributed by atoms with Crippen molar-refractivity contribution >= 4 is 11.8 Å². The molecule has 1 heterocycles. The summed E-state index contributed by atoms with van der Waals surface area (Å²) in [5.74, 6) is -0.926. The van der Waals surface area contributed by atoms with Crippen LogP contribution < -0.4 is 10.5 Å². The molecule has 20 heavy (non-hydrogen) atoms. The van der Waals surface area contributed by atoms with E-state index in [1.807, 2.05) is 0 Å². The maximum Gasteiger partial charge on any atom is 0.311 e. The molecule has 2 N–H and O–H groups in total. The van der Waals surface area contributed by atoms with Gasteiger partial charge in [-0.3, -0.25) is 9.59 Å². The largest absolute Gasteiger partial charge is 0.490 e. The molecule has 0 aromatic heterocycles. The summed E-state index contributed by atoms with van der Waals surface area (Å²) in [6.07, 6.45) is 1.24. The average Bonchev–Trinajstić information content (AvgIpc) is 2.47. The second-order valence-electron chi connectivity index (χ2n) is 4.61. The molecular formula is C14H15N3O3. The normalized spacial score (nSPS) is 15.4. The van der Waals surface area contributed by atoms with Gasteiger partial charge in [0.1, 0.15) is 11.9 Å². The molecule has 1 aliphatic rings. The average molecular weight is 273 g/mol. The van der Waals surface area contributed by atoms with Gasteiger partial charge in [0.25, 0.3) is 0 Å². The molecule has 0 atom stereocenters. The van der Waals surface area contributed by atoms with Gasteiger partial charge < -0.3 is 15.4 Å². The van der Waals surface area contributed by atoms with Crippen LogP contribution in [0.2, 0.25) is 0 Å². The highest BCUT2D eigenvalue weighted by atomic mass is 16.5. The Hall–Kier alpha value is -2.55. The minimum absolute atomic E-state index is 0.0270. The SMILES string of the molecule is N#Cc1cccc(OC2CCN(C(=O)C(N)=O)CC2)c1. The summed E-state index contributed by atoms with van der Waals surface area (Å²) < 4.78 is 5.78. The molecule has 2 amide bonds. The van der Waals surface area contributed by atoms with Gasteiger partial charge in [0, 0.05) is 25.9 Å². The number of ether oxygens (including phenoxy) is 1. The van der Waals surface area contributed by atoms with Crippen molar-refractivity contribution < 1.29 is 14.3 Å². The third-order valence-corrected chi connectivity index (χ3v) is 3.21. The van der Waals surface area contributed by atoms with E-state index < -0.39 is 11.8 Å². The van der Waals surface area contributed by atoms with Gasteiger partial charge in [-0.25, -0.2) is 0 Å². The predicted octanol–water partition coefficient (Wildman–Crippen LogP) is 0.413. The third kappa shape index (κ3) is 3.26. The molecule has 1 saturated heterocycles. The number of rotatable bonds is 2. The standard InChI is InChI=1S/C14H15N3O3/c15-9-10-2-1-3-12(8-10)20-11-4-6-17(7-5-11)14(19)13(16)18/h1-3,8,11H,4-7H2,(H2,16,18). The van der Waals surface area contributed by atoms with Crippen LogP contribution in [0.25, 0.3) is 0 Å². The van der Waals surface area contributed by atoms with Gasteiger partial charge in [-0.2, -0.15) is 5.26 Å². The lowest BCUT2D eigenvalue weighted by Crippen LogP contribution is -2.46. The maximum atomic E-state index is 11.4. The molecule has 1 aromatic carbocycles. The van der Waals surface area contributed by atoms with E-state index in [1.54, 1.807) is 24.3 Å². The summed E-state index contributed by atoms with van der Waals surface area (Å²) in [5.41, 5.74) is 5.51. The van der Waals surface area contributed by atoms with Gasteiger partial charge in [-0.15, -0.1) is 0 Å². The summed E-state index contributed by atoms with van der Waals surface area (Å²) in [5, 5.41) is 8.82. The van der Waals surface area contributed by atoms with Gasteiger partial charge >= 0.3 is 11.8 Å². The molecular weight excluding hydrogens is 258 g/mol. The van der Waals surface area contributed by atoms with E-state index in [0.717, 1.165) is 0 Å². The quantitative estimate of drug-likeness (QED) is 0.789. The fourth-order valence-corrected chi connectivity index (χ4v) is 2.16. The van der Waals surface area contributed by atoms with Crippen molar-refractivity contribution in [1.29, 1.82) is 5.26 Å². The molecule has 2 rings (SSSR count). The first-order chi connectivity index (χ1) is 9.60. The summed E-state index contributed by atoms with van der Waals surface area (Å²) >= 11 is 0. The molecule has 0 unspecified atom stereocenters. The Kier molecular flexibility index (Phi) is 4.20. The third-order valence-electron chi connectivity index (χ3n) is 3.21. The van der Waals surface area contributed by atoms with Crippen LogP contribution in [-0.2, 0) is 9.59 Å². The van der Waals surface area contributed by atoms with Crippen LogP contribution in [-0.4, -0.2) is 35.9 Å². The Morgan fingerprint density at radius 3 is 2.65 bits per heavy atom. The molecule has 1 fully saturated rings. The second-order valence-corrected chi connectivity index (χ2v) is 4.61. The topological polar surface area (TPSA) is 96.4 Å². The lowest BCUT2D eigenvalue weighted by Gasteiger charge is -2.31. The molecule has 0 aliphatic carbocycles. The van der Waals surface area contributed by atoms with Crippen LogP contribution in [0.5, 0.6) is 5.75 Å². The highest BCUT2D eigenvalue weighted by Crippen LogP contribution is 2.20. The molecule has 0 spiro atoms. The predicted molar refractivity (Wildman–Crippen MR) is 70.6 cm³/mol. The van der Waals surface area contributed by atoms with Crippen molar-refractivity contribution in [2.75, 3.05) is 13.1 Å². The number of primary amides is 1. The minimum atomic E-state index is -0.925. The summed E-state index contributed by atoms with van der Waals surface area (Å²) in [4.78, 5) is 23.7. The van der Waals surface area contributed by atoms with Crippen molar-refractivity contribution in [3.63, 3.8) is 0 Å². The van der Waals surface area contributed by atoms with Gasteiger partial charge in [0.05, 0.1) is 11.6 Å². The first-order valence-corrected chi connectivity index (χ1v) is 6.35. The van der Waals surface area contributed by atoms with E-state index in [4.69, 9.17) is 15.7 Å². The zero-order valence-electron chi connectivity index (χ0n) is 10.9. The number of hydrogen-bond donors (Lipinski definition) is 1. The van der Waals surface area contributed by atoms with Crippen LogP contribution in [0, 0.1) is 11.3 Å². The number of piperidine rings is 1. The van der Waals surface area contributed by atoms with Crippen molar-refractivity contribution in [1.82, 2.24) is 4.90 Å². The summed E-state index contributed by atoms with van der Waals surface area (Å²) in [6, 6.07) is 9.00. The highest BCUT2D eigenvalue weighted by molar-refractivity contribution is 6.34. The number of amides is 2. The number of nitrogens with zero attached hydrogens (tertiary/aromatic N) is 2. The smallest absolute Gasteiger partial charge is 0.311 e. The van der Waals surface area contributed by atoms with Crippen molar-refractivity contribution in [2.24, 2.45) is 5.73 Å². The first-order valence-electron chi connectivity index (χ1n) is 6.35. The second kappa shape index (κ2) is 6.06. The number of carbonyl (C=O) groups excluding carboxylic acids is 2. The monoisotopic (exact) mass is 273 g/mol. The van der Waals surface area contributed by atoms with Crippen molar-refractivity contribution in [2.45, 2.75) is 18.9 Å². The molecule has 1 aromatic rings. The van der Waals surface area contributed by atoms with E-state index in [1.165, 1.54) is 4.90 Å². The summed E-state index contributed by atoms with van der Waals surface area (Å²) in [6.45, 7) is 0.898. The minimum Gasteiger partial charge on any atom is -0.490 e. The van der Waals surface area contributed by atoms with Crippen LogP contribution >= 0.6 is 0 Å². The van der Waals surface area contributed by atoms with E-state index >= 15 is 0 Å². The Morgan fingerprint density at radius 2 is 2.05 bits per heavy atom. The Bertz CT molecular complexity index is 557. The van der Waals surface area contributed by atoms with E-state index in [-0.39, 0.29) is 6.10 Å². The lowest BCUT2D eigenvalue weighted by atomic mass is 10.1. The molecule has 104 valence electrons. The van der Waals surface area contributed by atoms with Crippen LogP contribution in [0.15, 0.2) is 24.3 Å². The van der Waals surface area contributed by atoms with Gasteiger partial charge in [-0.05, 0) is 18.2 Å². The fourth-order valence-electron chi connectivity index (χ4n) is 2.16. The number of benzene rings is 1. The Labute approximate surface area is 116 Å². The molecule has 6 heteroatoms. The zero-order valence-corrected chi connectivity index (χ0v) is 10.9. The Morgan fingerprint density at radius 1 is 1.35 bits per heavy atom. The number of nitrogens with two attached hydrogens (primary N) is 1. The maximum absolute atomic E-state index is 11.4. The van der Waals surface area contributed by atoms with Gasteiger partial charge in [0.2, 0.25) is 0 Å². The number of hydrogen-bond acceptors (Lipinski definition) is 4. The molecule has 0 radical (unpaired) electrons. The number of carbonyl (C=O) groups is 2. The summed E-state index contributed by atoms with van der Waals surface area (Å²) in [7, 11) is 0. The van der Waals surface area contributed by atoms with E-state index in [2.05, 4.69) is 6.07 Å². The Balaban J connectivity index is 1.90.